The number of benzene rings is 1. The van der Waals surface area contributed by atoms with Crippen molar-refractivity contribution >= 4 is 33.0 Å². The van der Waals surface area contributed by atoms with E-state index in [1.165, 1.54) is 10.6 Å². The quantitative estimate of drug-likeness (QED) is 0.929. The molecule has 2 heterocycles. The van der Waals surface area contributed by atoms with E-state index in [1.54, 1.807) is 23.5 Å². The second-order valence-electron chi connectivity index (χ2n) is 5.19. The average Bonchev–Trinajstić information content (AvgIpc) is 3.12. The SMILES string of the molecule is CS(=O)(=O)N1CCc2ccc(C(=O)NCc3cccs3)cc21. The molecule has 0 radical (unpaired) electrons. The Labute approximate surface area is 133 Å². The van der Waals surface area contributed by atoms with Gasteiger partial charge in [-0.25, -0.2) is 8.42 Å². The number of nitrogens with one attached hydrogen (secondary N) is 1. The van der Waals surface area contributed by atoms with Crippen LogP contribution in [-0.2, 0) is 23.0 Å². The number of hydrogen-bond donors (Lipinski definition) is 1. The summed E-state index contributed by atoms with van der Waals surface area (Å²) in [6, 6.07) is 9.13. The van der Waals surface area contributed by atoms with E-state index in [2.05, 4.69) is 5.32 Å². The van der Waals surface area contributed by atoms with Crippen molar-refractivity contribution in [3.8, 4) is 0 Å². The molecular formula is C15H16N2O3S2. The fraction of sp³-hybridized carbons (Fsp3) is 0.267. The van der Waals surface area contributed by atoms with Crippen LogP contribution in [0.15, 0.2) is 35.7 Å². The summed E-state index contributed by atoms with van der Waals surface area (Å²) < 4.78 is 24.9. The smallest absolute Gasteiger partial charge is 0.251 e. The Hall–Kier alpha value is -1.86. The van der Waals surface area contributed by atoms with Crippen LogP contribution in [0.2, 0.25) is 0 Å². The number of rotatable bonds is 4. The van der Waals surface area contributed by atoms with Crippen LogP contribution in [0.1, 0.15) is 20.8 Å². The van der Waals surface area contributed by atoms with Crippen LogP contribution in [0.3, 0.4) is 0 Å². The maximum absolute atomic E-state index is 12.2. The zero-order chi connectivity index (χ0) is 15.7. The Kier molecular flexibility index (Phi) is 3.92. The van der Waals surface area contributed by atoms with Crippen LogP contribution in [0.25, 0.3) is 0 Å². The van der Waals surface area contributed by atoms with Gasteiger partial charge >= 0.3 is 0 Å². The van der Waals surface area contributed by atoms with E-state index < -0.39 is 10.0 Å². The Bertz CT molecular complexity index is 798. The van der Waals surface area contributed by atoms with Gasteiger partial charge in [-0.3, -0.25) is 9.10 Å². The molecule has 0 saturated heterocycles. The van der Waals surface area contributed by atoms with Crippen LogP contribution in [0, 0.1) is 0 Å². The monoisotopic (exact) mass is 336 g/mol. The molecule has 3 rings (SSSR count). The van der Waals surface area contributed by atoms with E-state index in [1.807, 2.05) is 23.6 Å². The normalized spacial score (nSPS) is 14.0. The largest absolute Gasteiger partial charge is 0.347 e. The molecule has 5 nitrogen and oxygen atoms in total. The summed E-state index contributed by atoms with van der Waals surface area (Å²) in [5, 5.41) is 4.81. The molecule has 0 spiro atoms. The first-order valence-corrected chi connectivity index (χ1v) is 9.59. The summed E-state index contributed by atoms with van der Waals surface area (Å²) in [7, 11) is -3.30. The third-order valence-corrected chi connectivity index (χ3v) is 5.66. The van der Waals surface area contributed by atoms with E-state index in [-0.39, 0.29) is 5.91 Å². The molecule has 1 N–H and O–H groups in total. The molecule has 116 valence electrons. The van der Waals surface area contributed by atoms with Gasteiger partial charge < -0.3 is 5.32 Å². The second kappa shape index (κ2) is 5.73. The topological polar surface area (TPSA) is 66.5 Å². The summed E-state index contributed by atoms with van der Waals surface area (Å²) in [4.78, 5) is 13.3. The molecule has 0 atom stereocenters. The number of carbonyl (C=O) groups excluding carboxylic acids is 1. The molecule has 1 amide bonds. The molecule has 1 aliphatic heterocycles. The number of amides is 1. The Morgan fingerprint density at radius 3 is 2.86 bits per heavy atom. The predicted molar refractivity (Wildman–Crippen MR) is 87.8 cm³/mol. The molecular weight excluding hydrogens is 320 g/mol. The van der Waals surface area contributed by atoms with Gasteiger partial charge in [0, 0.05) is 17.0 Å². The van der Waals surface area contributed by atoms with Gasteiger partial charge in [0.05, 0.1) is 18.5 Å². The van der Waals surface area contributed by atoms with Gasteiger partial charge in [-0.1, -0.05) is 12.1 Å². The van der Waals surface area contributed by atoms with Gasteiger partial charge in [-0.2, -0.15) is 0 Å². The van der Waals surface area contributed by atoms with E-state index in [0.29, 0.717) is 30.8 Å². The molecule has 1 aromatic heterocycles. The Morgan fingerprint density at radius 1 is 1.36 bits per heavy atom. The molecule has 0 fully saturated rings. The number of nitrogens with zero attached hydrogens (tertiary/aromatic N) is 1. The molecule has 0 unspecified atom stereocenters. The number of fused-ring (bicyclic) bond motifs is 1. The van der Waals surface area contributed by atoms with Crippen LogP contribution in [-0.4, -0.2) is 27.1 Å². The van der Waals surface area contributed by atoms with Gasteiger partial charge in [0.25, 0.3) is 5.91 Å². The summed E-state index contributed by atoms with van der Waals surface area (Å²) in [5.41, 5.74) is 2.05. The highest BCUT2D eigenvalue weighted by atomic mass is 32.2. The van der Waals surface area contributed by atoms with Gasteiger partial charge in [0.15, 0.2) is 0 Å². The van der Waals surface area contributed by atoms with Crippen LogP contribution in [0.5, 0.6) is 0 Å². The lowest BCUT2D eigenvalue weighted by molar-refractivity contribution is 0.0951. The molecule has 2 aromatic rings. The van der Waals surface area contributed by atoms with Crippen LogP contribution >= 0.6 is 11.3 Å². The fourth-order valence-corrected chi connectivity index (χ4v) is 4.11. The van der Waals surface area contributed by atoms with Crippen molar-refractivity contribution in [2.24, 2.45) is 0 Å². The van der Waals surface area contributed by atoms with Crippen molar-refractivity contribution in [2.45, 2.75) is 13.0 Å². The standard InChI is InChI=1S/C15H16N2O3S2/c1-22(19,20)17-7-6-11-4-5-12(9-14(11)17)15(18)16-10-13-3-2-8-21-13/h2-5,8-9H,6-7,10H2,1H3,(H,16,18). The Balaban J connectivity index is 1.80. The van der Waals surface area contributed by atoms with Crippen LogP contribution < -0.4 is 9.62 Å². The van der Waals surface area contributed by atoms with E-state index >= 15 is 0 Å². The summed E-state index contributed by atoms with van der Waals surface area (Å²) in [6.07, 6.45) is 1.87. The maximum Gasteiger partial charge on any atom is 0.251 e. The molecule has 1 aliphatic rings. The lowest BCUT2D eigenvalue weighted by atomic mass is 10.1. The van der Waals surface area contributed by atoms with Crippen molar-refractivity contribution in [1.29, 1.82) is 0 Å². The summed E-state index contributed by atoms with van der Waals surface area (Å²) in [5.74, 6) is -0.198. The zero-order valence-corrected chi connectivity index (χ0v) is 13.7. The van der Waals surface area contributed by atoms with Crippen molar-refractivity contribution in [1.82, 2.24) is 5.32 Å². The lowest BCUT2D eigenvalue weighted by Gasteiger charge is -2.17. The van der Waals surface area contributed by atoms with Gasteiger partial charge in [-0.15, -0.1) is 11.3 Å². The highest BCUT2D eigenvalue weighted by Gasteiger charge is 2.26. The van der Waals surface area contributed by atoms with Crippen molar-refractivity contribution in [2.75, 3.05) is 17.1 Å². The lowest BCUT2D eigenvalue weighted by Crippen LogP contribution is -2.28. The van der Waals surface area contributed by atoms with E-state index in [4.69, 9.17) is 0 Å². The number of carbonyl (C=O) groups is 1. The first-order valence-electron chi connectivity index (χ1n) is 6.86. The average molecular weight is 336 g/mol. The van der Waals surface area contributed by atoms with Crippen molar-refractivity contribution < 1.29 is 13.2 Å². The maximum atomic E-state index is 12.2. The minimum atomic E-state index is -3.30. The molecule has 7 heteroatoms. The first kappa shape index (κ1) is 15.1. The zero-order valence-electron chi connectivity index (χ0n) is 12.1. The molecule has 22 heavy (non-hydrogen) atoms. The van der Waals surface area contributed by atoms with Gasteiger partial charge in [0.2, 0.25) is 10.0 Å². The van der Waals surface area contributed by atoms with Crippen molar-refractivity contribution in [3.05, 3.63) is 51.7 Å². The third kappa shape index (κ3) is 3.00. The highest BCUT2D eigenvalue weighted by Crippen LogP contribution is 2.30. The predicted octanol–water partition coefficient (Wildman–Crippen LogP) is 2.00. The van der Waals surface area contributed by atoms with E-state index in [0.717, 1.165) is 10.4 Å². The molecule has 0 bridgehead atoms. The summed E-state index contributed by atoms with van der Waals surface area (Å²) in [6.45, 7) is 0.914. The third-order valence-electron chi connectivity index (χ3n) is 3.60. The Morgan fingerprint density at radius 2 is 2.18 bits per heavy atom. The van der Waals surface area contributed by atoms with Crippen LogP contribution in [0.4, 0.5) is 5.69 Å². The van der Waals surface area contributed by atoms with Gasteiger partial charge in [0.1, 0.15) is 0 Å². The first-order chi connectivity index (χ1) is 10.4. The van der Waals surface area contributed by atoms with Gasteiger partial charge in [-0.05, 0) is 35.6 Å². The number of hydrogen-bond acceptors (Lipinski definition) is 4. The number of sulfonamides is 1. The molecule has 1 aromatic carbocycles. The van der Waals surface area contributed by atoms with Crippen molar-refractivity contribution in [3.63, 3.8) is 0 Å². The van der Waals surface area contributed by atoms with E-state index in [9.17, 15) is 13.2 Å². The highest BCUT2D eigenvalue weighted by molar-refractivity contribution is 7.92. The summed E-state index contributed by atoms with van der Waals surface area (Å²) >= 11 is 1.58. The molecule has 0 aliphatic carbocycles. The molecule has 0 saturated carbocycles. The fourth-order valence-electron chi connectivity index (χ4n) is 2.52. The number of thiophene rings is 1. The second-order valence-corrected chi connectivity index (χ2v) is 8.13. The minimum absolute atomic E-state index is 0.198. The minimum Gasteiger partial charge on any atom is -0.347 e. The number of anilines is 1.